The number of carboxylic acids is 1. The van der Waals surface area contributed by atoms with Gasteiger partial charge in [0.2, 0.25) is 21.9 Å². The van der Waals surface area contributed by atoms with Crippen LogP contribution in [0.3, 0.4) is 0 Å². The smallest absolute Gasteiger partial charge is 0.475 e. The summed E-state index contributed by atoms with van der Waals surface area (Å²) in [5.41, 5.74) is 15.4. The van der Waals surface area contributed by atoms with E-state index in [-0.39, 0.29) is 16.3 Å². The molecule has 0 radical (unpaired) electrons. The molecule has 0 aliphatic carbocycles. The molecule has 0 aliphatic heterocycles. The molecule has 1 amide bonds. The normalized spacial score (nSPS) is 12.8. The Bertz CT molecular complexity index is 1410. The number of amides is 1. The summed E-state index contributed by atoms with van der Waals surface area (Å²) >= 11 is 11.9. The minimum absolute atomic E-state index is 0.156. The molecule has 19 heteroatoms. The van der Waals surface area contributed by atoms with Crippen LogP contribution >= 0.6 is 23.2 Å². The Labute approximate surface area is 229 Å². The van der Waals surface area contributed by atoms with E-state index in [2.05, 4.69) is 9.88 Å². The average Bonchev–Trinajstić information content (AvgIpc) is 2.78. The maximum atomic E-state index is 13.1. The number of hydrogen-bond acceptors (Lipinski definition) is 7. The number of nitrogens with zero attached hydrogens (tertiary/aromatic N) is 2. The van der Waals surface area contributed by atoms with Crippen LogP contribution in [0.25, 0.3) is 0 Å². The average molecular weight is 619 g/mol. The number of anilines is 1. The van der Waals surface area contributed by atoms with Crippen LogP contribution in [-0.4, -0.2) is 48.2 Å². The van der Waals surface area contributed by atoms with Crippen molar-refractivity contribution in [2.24, 2.45) is 22.4 Å². The summed E-state index contributed by atoms with van der Waals surface area (Å²) < 4.78 is 60.3. The molecule has 39 heavy (non-hydrogen) atoms. The van der Waals surface area contributed by atoms with E-state index in [0.717, 1.165) is 4.57 Å². The molecule has 216 valence electrons. The van der Waals surface area contributed by atoms with E-state index in [0.29, 0.717) is 10.7 Å². The summed E-state index contributed by atoms with van der Waals surface area (Å²) in [7, 11) is -4.06. The van der Waals surface area contributed by atoms with Gasteiger partial charge in [0.25, 0.3) is 5.56 Å². The molecule has 2 aromatic rings. The zero-order chi connectivity index (χ0) is 30.3. The Morgan fingerprint density at radius 1 is 1.18 bits per heavy atom. The van der Waals surface area contributed by atoms with Gasteiger partial charge in [-0.25, -0.2) is 13.2 Å². The van der Waals surface area contributed by atoms with E-state index in [9.17, 15) is 31.2 Å². The molecule has 2 rings (SSSR count). The lowest BCUT2D eigenvalue weighted by Crippen LogP contribution is -2.42. The topological polar surface area (TPSA) is 222 Å². The number of primary amides is 1. The molecule has 1 aromatic heterocycles. The molecule has 8 N–H and O–H groups in total. The van der Waals surface area contributed by atoms with E-state index in [4.69, 9.17) is 55.1 Å². The molecule has 2 atom stereocenters. The van der Waals surface area contributed by atoms with Crippen molar-refractivity contribution in [2.45, 2.75) is 37.9 Å². The van der Waals surface area contributed by atoms with E-state index in [1.54, 1.807) is 0 Å². The second-order valence-corrected chi connectivity index (χ2v) is 10.2. The summed E-state index contributed by atoms with van der Waals surface area (Å²) in [5, 5.41) is 11.0. The summed E-state index contributed by atoms with van der Waals surface area (Å²) in [4.78, 5) is 39.1. The van der Waals surface area contributed by atoms with Gasteiger partial charge in [0.1, 0.15) is 5.69 Å². The summed E-state index contributed by atoms with van der Waals surface area (Å²) in [6.45, 7) is 2.96. The predicted octanol–water partition coefficient (Wildman–Crippen LogP) is 1.66. The van der Waals surface area contributed by atoms with E-state index < -0.39 is 57.5 Å². The number of sulfonamides is 1. The van der Waals surface area contributed by atoms with Gasteiger partial charge in [-0.05, 0) is 48.8 Å². The Hall–Kier alpha value is -3.70. The molecule has 2 unspecified atom stereocenters. The zero-order valence-corrected chi connectivity index (χ0v) is 22.4. The first kappa shape index (κ1) is 33.3. The number of carbonyl (C=O) groups is 2. The SMILES string of the molecule is Cc1ccc(NS(=O)(=O)Cc2ccc(Cl)cc2Cl)c(=O)n1C(C(N)=O)C(C)ON=C(N)N.O=C(O)C(F)(F)F. The Kier molecular flexibility index (Phi) is 11.4. The van der Waals surface area contributed by atoms with Gasteiger partial charge in [-0.1, -0.05) is 29.3 Å². The van der Waals surface area contributed by atoms with Gasteiger partial charge in [0.05, 0.1) is 5.75 Å². The fraction of sp³-hybridized carbons (Fsp3) is 0.300. The summed E-state index contributed by atoms with van der Waals surface area (Å²) in [6.07, 6.45) is -6.13. The Morgan fingerprint density at radius 2 is 1.74 bits per heavy atom. The maximum absolute atomic E-state index is 13.1. The van der Waals surface area contributed by atoms with E-state index in [1.165, 1.54) is 44.2 Å². The third kappa shape index (κ3) is 10.2. The number of carbonyl (C=O) groups excluding carboxylic acids is 1. The summed E-state index contributed by atoms with van der Waals surface area (Å²) in [5.74, 6) is -4.58. The molecule has 0 fully saturated rings. The number of pyridine rings is 1. The number of carboxylic acid groups (broad SMARTS) is 1. The van der Waals surface area contributed by atoms with Crippen molar-refractivity contribution >= 4 is 56.7 Å². The number of aryl methyl sites for hydroxylation is 1. The van der Waals surface area contributed by atoms with Crippen LogP contribution in [0.4, 0.5) is 18.9 Å². The van der Waals surface area contributed by atoms with E-state index in [1.807, 2.05) is 0 Å². The van der Waals surface area contributed by atoms with Gasteiger partial charge < -0.3 is 27.1 Å². The van der Waals surface area contributed by atoms with Gasteiger partial charge in [0, 0.05) is 15.7 Å². The standard InChI is InChI=1S/C18H22Cl2N6O5S.C2HF3O2/c1-9-3-6-14(25-32(29,30)8-11-4-5-12(19)7-13(11)20)17(28)26(9)15(16(21)27)10(2)31-24-18(22)23;3-2(4,5)1(6)7/h3-7,10,15,25H,8H2,1-2H3,(H2,21,27)(H4,22,23,24);(H,6,7). The number of nitrogens with two attached hydrogens (primary N) is 3. The third-order valence-electron chi connectivity index (χ3n) is 4.53. The molecule has 0 aliphatic rings. The molecule has 1 aromatic carbocycles. The summed E-state index contributed by atoms with van der Waals surface area (Å²) in [6, 6.07) is 5.74. The highest BCUT2D eigenvalue weighted by Gasteiger charge is 2.38. The number of alkyl halides is 3. The van der Waals surface area contributed by atoms with Crippen molar-refractivity contribution < 1.29 is 41.1 Å². The molecule has 0 saturated heterocycles. The lowest BCUT2D eigenvalue weighted by Gasteiger charge is -2.24. The monoisotopic (exact) mass is 618 g/mol. The van der Waals surface area contributed by atoms with Gasteiger partial charge in [-0.15, -0.1) is 0 Å². The van der Waals surface area contributed by atoms with Crippen molar-refractivity contribution in [1.82, 2.24) is 4.57 Å². The van der Waals surface area contributed by atoms with Crippen LogP contribution in [0.5, 0.6) is 0 Å². The number of guanidine groups is 1. The zero-order valence-electron chi connectivity index (χ0n) is 20.1. The van der Waals surface area contributed by atoms with Crippen LogP contribution in [0.15, 0.2) is 40.3 Å². The highest BCUT2D eigenvalue weighted by Crippen LogP contribution is 2.24. The second kappa shape index (κ2) is 13.4. The van der Waals surface area contributed by atoms with Crippen LogP contribution in [0.1, 0.15) is 24.2 Å². The molecule has 0 bridgehead atoms. The van der Waals surface area contributed by atoms with Gasteiger partial charge >= 0.3 is 12.1 Å². The first-order valence-corrected chi connectivity index (χ1v) is 12.7. The lowest BCUT2D eigenvalue weighted by molar-refractivity contribution is -0.192. The number of rotatable bonds is 9. The number of aromatic nitrogens is 1. The molecule has 0 saturated carbocycles. The van der Waals surface area contributed by atoms with Crippen molar-refractivity contribution in [3.8, 4) is 0 Å². The minimum atomic E-state index is -5.08. The van der Waals surface area contributed by atoms with E-state index >= 15 is 0 Å². The first-order valence-electron chi connectivity index (χ1n) is 10.3. The first-order chi connectivity index (χ1) is 17.8. The molecule has 13 nitrogen and oxygen atoms in total. The van der Waals surface area contributed by atoms with Gasteiger partial charge in [0.15, 0.2) is 12.1 Å². The highest BCUT2D eigenvalue weighted by atomic mass is 35.5. The van der Waals surface area contributed by atoms with Crippen LogP contribution in [-0.2, 0) is 30.2 Å². The quantitative estimate of drug-likeness (QED) is 0.156. The largest absolute Gasteiger partial charge is 0.490 e. The fourth-order valence-corrected chi connectivity index (χ4v) is 4.66. The fourth-order valence-electron chi connectivity index (χ4n) is 2.89. The maximum Gasteiger partial charge on any atom is 0.490 e. The number of halogens is 5. The van der Waals surface area contributed by atoms with Crippen molar-refractivity contribution in [3.63, 3.8) is 0 Å². The Morgan fingerprint density at radius 3 is 2.21 bits per heavy atom. The Balaban J connectivity index is 0.000000956. The number of aliphatic carboxylic acids is 1. The number of benzene rings is 1. The number of nitrogens with one attached hydrogen (secondary N) is 1. The molecular formula is C20H23Cl2F3N6O7S. The second-order valence-electron chi connectivity index (χ2n) is 7.64. The van der Waals surface area contributed by atoms with Gasteiger partial charge in [-0.3, -0.25) is 18.9 Å². The van der Waals surface area contributed by atoms with Crippen molar-refractivity contribution in [3.05, 3.63) is 62.0 Å². The molecule has 0 spiro atoms. The minimum Gasteiger partial charge on any atom is -0.475 e. The van der Waals surface area contributed by atoms with Crippen LogP contribution < -0.4 is 27.5 Å². The van der Waals surface area contributed by atoms with Crippen LogP contribution in [0.2, 0.25) is 10.0 Å². The molecular weight excluding hydrogens is 596 g/mol. The van der Waals surface area contributed by atoms with Gasteiger partial charge in [-0.2, -0.15) is 13.2 Å². The number of oxime groups is 1. The lowest BCUT2D eigenvalue weighted by atomic mass is 10.1. The predicted molar refractivity (Wildman–Crippen MR) is 136 cm³/mol. The molecule has 1 heterocycles. The number of hydrogen-bond donors (Lipinski definition) is 5. The third-order valence-corrected chi connectivity index (χ3v) is 6.34. The van der Waals surface area contributed by atoms with Crippen molar-refractivity contribution in [2.75, 3.05) is 4.72 Å². The highest BCUT2D eigenvalue weighted by molar-refractivity contribution is 7.91. The van der Waals surface area contributed by atoms with Crippen molar-refractivity contribution in [1.29, 1.82) is 0 Å². The van der Waals surface area contributed by atoms with Crippen LogP contribution in [0, 0.1) is 6.92 Å².